The van der Waals surface area contributed by atoms with E-state index in [-0.39, 0.29) is 22.9 Å². The summed E-state index contributed by atoms with van der Waals surface area (Å²) in [5, 5.41) is 0. The fourth-order valence-corrected chi connectivity index (χ4v) is 4.88. The number of benzene rings is 2. The summed E-state index contributed by atoms with van der Waals surface area (Å²) in [6, 6.07) is 11.5. The van der Waals surface area contributed by atoms with Gasteiger partial charge in [0, 0.05) is 39.7 Å². The van der Waals surface area contributed by atoms with E-state index in [1.54, 1.807) is 25.7 Å². The number of hydrogen-bond acceptors (Lipinski definition) is 5. The fraction of sp³-hybridized carbons (Fsp3) is 0.519. The third-order valence-electron chi connectivity index (χ3n) is 5.89. The largest absolute Gasteiger partial charge is 0.486 e. The summed E-state index contributed by atoms with van der Waals surface area (Å²) in [6.07, 6.45) is -3.76. The first-order valence-corrected chi connectivity index (χ1v) is 12.9. The lowest BCUT2D eigenvalue weighted by Gasteiger charge is -2.42. The summed E-state index contributed by atoms with van der Waals surface area (Å²) in [5.41, 5.74) is -0.0732. The number of alkyl halides is 2. The molecule has 0 radical (unpaired) electrons. The Balaban J connectivity index is 1.84. The van der Waals surface area contributed by atoms with Gasteiger partial charge in [0.05, 0.1) is 22.7 Å². The molecule has 2 aromatic rings. The highest BCUT2D eigenvalue weighted by Gasteiger charge is 2.36. The van der Waals surface area contributed by atoms with E-state index < -0.39 is 35.6 Å². The maximum Gasteiger partial charge on any atom is 0.410 e. The highest BCUT2D eigenvalue weighted by Crippen LogP contribution is 2.37. The third kappa shape index (κ3) is 8.61. The molecule has 0 aliphatic carbocycles. The highest BCUT2D eigenvalue weighted by molar-refractivity contribution is 9.10. The van der Waals surface area contributed by atoms with Gasteiger partial charge >= 0.3 is 6.09 Å². The van der Waals surface area contributed by atoms with Gasteiger partial charge in [-0.05, 0) is 54.4 Å². The SMILES string of the molecule is COC[C@H](CC1CN(Cc2ccccc2)CCN1C(=O)OC(C)(C)C)Oc1c(Br)cc(F)cc1C(F)F. The van der Waals surface area contributed by atoms with Gasteiger partial charge in [-0.25, -0.2) is 18.0 Å². The van der Waals surface area contributed by atoms with Gasteiger partial charge in [-0.15, -0.1) is 0 Å². The van der Waals surface area contributed by atoms with Crippen LogP contribution in [-0.4, -0.2) is 67.0 Å². The van der Waals surface area contributed by atoms with Crippen LogP contribution in [0.1, 0.15) is 44.7 Å². The van der Waals surface area contributed by atoms with Crippen molar-refractivity contribution >= 4 is 22.0 Å². The number of ether oxygens (including phenoxy) is 3. The van der Waals surface area contributed by atoms with Crippen LogP contribution in [0.4, 0.5) is 18.0 Å². The monoisotopic (exact) mass is 586 g/mol. The number of nitrogens with zero attached hydrogens (tertiary/aromatic N) is 2. The minimum atomic E-state index is -2.93. The van der Waals surface area contributed by atoms with Crippen molar-refractivity contribution in [3.63, 3.8) is 0 Å². The zero-order valence-electron chi connectivity index (χ0n) is 21.6. The Labute approximate surface area is 224 Å². The topological polar surface area (TPSA) is 51.2 Å². The quantitative estimate of drug-likeness (QED) is 0.339. The van der Waals surface area contributed by atoms with Gasteiger partial charge < -0.3 is 19.1 Å². The van der Waals surface area contributed by atoms with Gasteiger partial charge in [0.2, 0.25) is 0 Å². The lowest BCUT2D eigenvalue weighted by molar-refractivity contribution is -0.0162. The molecule has 2 atom stereocenters. The van der Waals surface area contributed by atoms with Crippen molar-refractivity contribution in [3.05, 3.63) is 63.9 Å². The van der Waals surface area contributed by atoms with Crippen molar-refractivity contribution in [1.82, 2.24) is 9.80 Å². The number of carbonyl (C=O) groups is 1. The first-order valence-electron chi connectivity index (χ1n) is 12.2. The van der Waals surface area contributed by atoms with Gasteiger partial charge in [0.1, 0.15) is 23.3 Å². The number of methoxy groups -OCH3 is 1. The molecular weight excluding hydrogens is 553 g/mol. The van der Waals surface area contributed by atoms with Gasteiger partial charge in [0.15, 0.2) is 0 Å². The predicted molar refractivity (Wildman–Crippen MR) is 138 cm³/mol. The van der Waals surface area contributed by atoms with Crippen LogP contribution in [0, 0.1) is 5.82 Å². The zero-order valence-corrected chi connectivity index (χ0v) is 23.1. The summed E-state index contributed by atoms with van der Waals surface area (Å²) < 4.78 is 58.3. The standard InChI is InChI=1S/C27H34BrF3N2O4/c1-27(2,3)37-26(34)33-11-10-32(15-18-8-6-5-7-9-18)16-20(33)14-21(17-35-4)36-24-22(25(30)31)12-19(29)13-23(24)28/h5-9,12-13,20-21,25H,10-11,14-17H2,1-4H3/t20?,21-/m0/s1. The van der Waals surface area contributed by atoms with Crippen LogP contribution >= 0.6 is 15.9 Å². The molecule has 3 rings (SSSR count). The van der Waals surface area contributed by atoms with E-state index in [0.29, 0.717) is 32.6 Å². The van der Waals surface area contributed by atoms with Crippen molar-refractivity contribution in [2.45, 2.75) is 57.9 Å². The molecule has 1 aliphatic heterocycles. The van der Waals surface area contributed by atoms with E-state index in [2.05, 4.69) is 20.8 Å². The lowest BCUT2D eigenvalue weighted by Crippen LogP contribution is -2.57. The molecule has 6 nitrogen and oxygen atoms in total. The van der Waals surface area contributed by atoms with Crippen molar-refractivity contribution < 1.29 is 32.2 Å². The van der Waals surface area contributed by atoms with Gasteiger partial charge in [0.25, 0.3) is 6.43 Å². The Hall–Kier alpha value is -2.30. The molecule has 37 heavy (non-hydrogen) atoms. The second-order valence-electron chi connectivity index (χ2n) is 10.1. The maximum absolute atomic E-state index is 13.8. The van der Waals surface area contributed by atoms with E-state index in [9.17, 15) is 18.0 Å². The highest BCUT2D eigenvalue weighted by atomic mass is 79.9. The maximum atomic E-state index is 13.8. The summed E-state index contributed by atoms with van der Waals surface area (Å²) in [4.78, 5) is 17.0. The van der Waals surface area contributed by atoms with Crippen LogP contribution in [0.2, 0.25) is 0 Å². The minimum Gasteiger partial charge on any atom is -0.486 e. The van der Waals surface area contributed by atoms with Crippen LogP contribution in [-0.2, 0) is 16.0 Å². The molecule has 0 aromatic heterocycles. The van der Waals surface area contributed by atoms with E-state index in [1.165, 1.54) is 7.11 Å². The number of amides is 1. The van der Waals surface area contributed by atoms with E-state index >= 15 is 0 Å². The summed E-state index contributed by atoms with van der Waals surface area (Å²) in [7, 11) is 1.48. The lowest BCUT2D eigenvalue weighted by atomic mass is 10.0. The number of carbonyl (C=O) groups excluding carboxylic acids is 1. The Kier molecular flexibility index (Phi) is 10.3. The number of rotatable bonds is 9. The van der Waals surface area contributed by atoms with E-state index in [1.807, 2.05) is 30.3 Å². The number of hydrogen-bond donors (Lipinski definition) is 0. The van der Waals surface area contributed by atoms with Crippen molar-refractivity contribution in [3.8, 4) is 5.75 Å². The summed E-state index contributed by atoms with van der Waals surface area (Å²) in [5.74, 6) is -0.933. The zero-order chi connectivity index (χ0) is 27.2. The average Bonchev–Trinajstić information content (AvgIpc) is 2.80. The van der Waals surface area contributed by atoms with Crippen LogP contribution in [0.15, 0.2) is 46.9 Å². The first-order chi connectivity index (χ1) is 17.5. The minimum absolute atomic E-state index is 0.0854. The fourth-order valence-electron chi connectivity index (χ4n) is 4.34. The molecule has 0 saturated carbocycles. The Bertz CT molecular complexity index is 1040. The second kappa shape index (κ2) is 13.0. The number of piperazine rings is 1. The van der Waals surface area contributed by atoms with Gasteiger partial charge in [-0.3, -0.25) is 4.90 Å². The third-order valence-corrected chi connectivity index (χ3v) is 6.48. The Morgan fingerprint density at radius 3 is 2.49 bits per heavy atom. The molecule has 1 aliphatic rings. The van der Waals surface area contributed by atoms with Gasteiger partial charge in [-0.2, -0.15) is 0 Å². The molecular formula is C27H34BrF3N2O4. The molecule has 1 heterocycles. The molecule has 1 unspecified atom stereocenters. The summed E-state index contributed by atoms with van der Waals surface area (Å²) in [6.45, 7) is 7.83. The van der Waals surface area contributed by atoms with Gasteiger partial charge in [-0.1, -0.05) is 30.3 Å². The predicted octanol–water partition coefficient (Wildman–Crippen LogP) is 6.43. The molecule has 10 heteroatoms. The van der Waals surface area contributed by atoms with Crippen LogP contribution < -0.4 is 4.74 Å². The molecule has 1 saturated heterocycles. The second-order valence-corrected chi connectivity index (χ2v) is 10.9. The van der Waals surface area contributed by atoms with Crippen molar-refractivity contribution in [2.75, 3.05) is 33.4 Å². The smallest absolute Gasteiger partial charge is 0.410 e. The van der Waals surface area contributed by atoms with Crippen LogP contribution in [0.25, 0.3) is 0 Å². The summed E-state index contributed by atoms with van der Waals surface area (Å²) >= 11 is 3.15. The Morgan fingerprint density at radius 2 is 1.86 bits per heavy atom. The van der Waals surface area contributed by atoms with Crippen LogP contribution in [0.3, 0.4) is 0 Å². The Morgan fingerprint density at radius 1 is 1.16 bits per heavy atom. The molecule has 2 aromatic carbocycles. The average molecular weight is 587 g/mol. The van der Waals surface area contributed by atoms with E-state index in [0.717, 1.165) is 17.7 Å². The molecule has 0 N–H and O–H groups in total. The normalized spacial score (nSPS) is 17.6. The molecule has 1 fully saturated rings. The number of halogens is 4. The van der Waals surface area contributed by atoms with E-state index in [4.69, 9.17) is 14.2 Å². The molecule has 204 valence electrons. The molecule has 0 spiro atoms. The van der Waals surface area contributed by atoms with Crippen molar-refractivity contribution in [2.24, 2.45) is 0 Å². The molecule has 0 bridgehead atoms. The first kappa shape index (κ1) is 29.3. The van der Waals surface area contributed by atoms with Crippen LogP contribution in [0.5, 0.6) is 5.75 Å². The molecule has 1 amide bonds. The van der Waals surface area contributed by atoms with Crippen molar-refractivity contribution in [1.29, 1.82) is 0 Å².